The third-order valence-electron chi connectivity index (χ3n) is 2.88. The molecule has 106 valence electrons. The van der Waals surface area contributed by atoms with Crippen molar-refractivity contribution < 1.29 is 0 Å². The van der Waals surface area contributed by atoms with Crippen molar-refractivity contribution in [2.75, 3.05) is 11.6 Å². The number of halogens is 1. The van der Waals surface area contributed by atoms with E-state index in [1.54, 1.807) is 18.2 Å². The monoisotopic (exact) mass is 293 g/mol. The number of benzene rings is 1. The maximum Gasteiger partial charge on any atom is 0.356 e. The van der Waals surface area contributed by atoms with Crippen LogP contribution in [-0.2, 0) is 6.42 Å². The average molecular weight is 294 g/mol. The number of hydrogen-bond acceptors (Lipinski definition) is 5. The van der Waals surface area contributed by atoms with Gasteiger partial charge in [0.25, 0.3) is 0 Å². The Bertz CT molecular complexity index is 670. The topological polar surface area (TPSA) is 77.0 Å². The summed E-state index contributed by atoms with van der Waals surface area (Å²) in [5, 5.41) is 1.80. The zero-order valence-electron chi connectivity index (χ0n) is 11.4. The lowest BCUT2D eigenvalue weighted by Gasteiger charge is -2.17. The van der Waals surface area contributed by atoms with E-state index < -0.39 is 5.69 Å². The van der Waals surface area contributed by atoms with E-state index >= 15 is 0 Å². The summed E-state index contributed by atoms with van der Waals surface area (Å²) in [5.74, 6) is 6.53. The predicted molar refractivity (Wildman–Crippen MR) is 79.2 cm³/mol. The van der Waals surface area contributed by atoms with Gasteiger partial charge in [0, 0.05) is 13.0 Å². The highest BCUT2D eigenvalue weighted by Crippen LogP contribution is 2.19. The van der Waals surface area contributed by atoms with Crippen molar-refractivity contribution in [2.24, 2.45) is 5.84 Å². The molecule has 0 spiro atoms. The van der Waals surface area contributed by atoms with E-state index in [1.165, 1.54) is 9.58 Å². The molecule has 0 radical (unpaired) electrons. The number of anilines is 1. The molecule has 0 aliphatic heterocycles. The van der Waals surface area contributed by atoms with Gasteiger partial charge in [-0.25, -0.2) is 15.2 Å². The van der Waals surface area contributed by atoms with Crippen LogP contribution in [0.2, 0.25) is 5.02 Å². The van der Waals surface area contributed by atoms with Crippen LogP contribution in [0, 0.1) is 0 Å². The second kappa shape index (κ2) is 6.02. The van der Waals surface area contributed by atoms with Crippen molar-refractivity contribution >= 4 is 17.5 Å². The molecule has 0 saturated carbocycles. The molecule has 0 bridgehead atoms. The third kappa shape index (κ3) is 2.66. The van der Waals surface area contributed by atoms with E-state index in [0.717, 1.165) is 0 Å². The molecule has 0 fully saturated rings. The van der Waals surface area contributed by atoms with Crippen LogP contribution in [0.4, 0.5) is 5.95 Å². The fourth-order valence-corrected chi connectivity index (χ4v) is 2.04. The number of nitrogens with two attached hydrogens (primary N) is 1. The van der Waals surface area contributed by atoms with E-state index in [0.29, 0.717) is 29.5 Å². The minimum atomic E-state index is -0.441. The van der Waals surface area contributed by atoms with Crippen molar-refractivity contribution in [3.05, 3.63) is 45.6 Å². The second-order valence-electron chi connectivity index (χ2n) is 4.15. The molecule has 20 heavy (non-hydrogen) atoms. The largest absolute Gasteiger partial charge is 0.356 e. The van der Waals surface area contributed by atoms with Crippen molar-refractivity contribution in [3.63, 3.8) is 0 Å². The molecule has 0 amide bonds. The van der Waals surface area contributed by atoms with Crippen LogP contribution in [0.1, 0.15) is 19.7 Å². The molecule has 1 aromatic carbocycles. The van der Waals surface area contributed by atoms with Crippen LogP contribution in [0.3, 0.4) is 0 Å². The summed E-state index contributed by atoms with van der Waals surface area (Å²) in [6, 6.07) is 7.09. The highest BCUT2D eigenvalue weighted by molar-refractivity contribution is 6.32. The summed E-state index contributed by atoms with van der Waals surface area (Å²) in [7, 11) is 0. The van der Waals surface area contributed by atoms with Crippen molar-refractivity contribution in [3.8, 4) is 5.69 Å². The van der Waals surface area contributed by atoms with Crippen LogP contribution in [0.15, 0.2) is 29.1 Å². The van der Waals surface area contributed by atoms with Gasteiger partial charge in [-0.05, 0) is 19.1 Å². The molecule has 0 unspecified atom stereocenters. The molecule has 0 saturated heterocycles. The van der Waals surface area contributed by atoms with Crippen LogP contribution < -0.4 is 16.5 Å². The summed E-state index contributed by atoms with van der Waals surface area (Å²) in [6.45, 7) is 4.28. The van der Waals surface area contributed by atoms with Gasteiger partial charge < -0.3 is 0 Å². The lowest BCUT2D eigenvalue weighted by atomic mass is 10.3. The highest BCUT2D eigenvalue weighted by atomic mass is 35.5. The summed E-state index contributed by atoms with van der Waals surface area (Å²) in [4.78, 5) is 20.5. The fourth-order valence-electron chi connectivity index (χ4n) is 1.82. The first kappa shape index (κ1) is 14.5. The Hall–Kier alpha value is -1.92. The Morgan fingerprint density at radius 1 is 1.30 bits per heavy atom. The van der Waals surface area contributed by atoms with Gasteiger partial charge in [-0.3, -0.25) is 5.01 Å². The van der Waals surface area contributed by atoms with Crippen molar-refractivity contribution in [1.29, 1.82) is 0 Å². The lowest BCUT2D eigenvalue weighted by Crippen LogP contribution is -2.36. The molecule has 0 aliphatic rings. The Balaban J connectivity index is 2.66. The summed E-state index contributed by atoms with van der Waals surface area (Å²) in [5.41, 5.74) is 0.131. The Morgan fingerprint density at radius 2 is 2.00 bits per heavy atom. The molecule has 2 N–H and O–H groups in total. The van der Waals surface area contributed by atoms with Crippen molar-refractivity contribution in [1.82, 2.24) is 14.5 Å². The maximum absolute atomic E-state index is 12.3. The van der Waals surface area contributed by atoms with E-state index in [4.69, 9.17) is 17.4 Å². The Labute approximate surface area is 121 Å². The Kier molecular flexibility index (Phi) is 4.36. The molecular formula is C13H16ClN5O. The molecule has 1 aromatic heterocycles. The summed E-state index contributed by atoms with van der Waals surface area (Å²) >= 11 is 6.14. The van der Waals surface area contributed by atoms with Gasteiger partial charge >= 0.3 is 5.69 Å². The van der Waals surface area contributed by atoms with Crippen molar-refractivity contribution in [2.45, 2.75) is 20.3 Å². The van der Waals surface area contributed by atoms with E-state index in [1.807, 2.05) is 19.9 Å². The maximum atomic E-state index is 12.3. The molecule has 7 heteroatoms. The van der Waals surface area contributed by atoms with Gasteiger partial charge in [0.2, 0.25) is 5.95 Å². The normalized spacial score (nSPS) is 10.6. The number of hydrogen-bond donors (Lipinski definition) is 1. The zero-order valence-corrected chi connectivity index (χ0v) is 12.1. The van der Waals surface area contributed by atoms with Gasteiger partial charge in [-0.2, -0.15) is 9.97 Å². The van der Waals surface area contributed by atoms with Crippen LogP contribution in [0.5, 0.6) is 0 Å². The zero-order chi connectivity index (χ0) is 14.7. The summed E-state index contributed by atoms with van der Waals surface area (Å²) in [6.07, 6.45) is 0.563. The van der Waals surface area contributed by atoms with Gasteiger partial charge in [0.1, 0.15) is 5.82 Å². The Morgan fingerprint density at radius 3 is 2.60 bits per heavy atom. The fraction of sp³-hybridized carbons (Fsp3) is 0.308. The molecule has 1 heterocycles. The highest BCUT2D eigenvalue weighted by Gasteiger charge is 2.14. The number of hydrazine groups is 1. The molecular weight excluding hydrogens is 278 g/mol. The number of para-hydroxylation sites is 1. The SMILES string of the molecule is CCc1nc(N(N)CC)nc(=O)n1-c1ccccc1Cl. The molecule has 0 atom stereocenters. The molecule has 2 aromatic rings. The van der Waals surface area contributed by atoms with Crippen LogP contribution >= 0.6 is 11.6 Å². The molecule has 0 aliphatic carbocycles. The minimum absolute atomic E-state index is 0.220. The lowest BCUT2D eigenvalue weighted by molar-refractivity contribution is 0.733. The number of aromatic nitrogens is 3. The first-order valence-corrected chi connectivity index (χ1v) is 6.73. The van der Waals surface area contributed by atoms with E-state index in [9.17, 15) is 4.79 Å². The number of aryl methyl sites for hydroxylation is 1. The average Bonchev–Trinajstić information content (AvgIpc) is 2.46. The minimum Gasteiger partial charge on any atom is -0.279 e. The molecule has 6 nitrogen and oxygen atoms in total. The van der Waals surface area contributed by atoms with Crippen LogP contribution in [0.25, 0.3) is 5.69 Å². The second-order valence-corrected chi connectivity index (χ2v) is 4.56. The quantitative estimate of drug-likeness (QED) is 0.683. The standard InChI is InChI=1S/C13H16ClN5O/c1-3-11-16-12(18(15)4-2)17-13(20)19(11)10-8-6-5-7-9(10)14/h5-8H,3-4,15H2,1-2H3. The van der Waals surface area contributed by atoms with Gasteiger partial charge in [-0.15, -0.1) is 0 Å². The number of nitrogens with zero attached hydrogens (tertiary/aromatic N) is 4. The third-order valence-corrected chi connectivity index (χ3v) is 3.20. The van der Waals surface area contributed by atoms with Gasteiger partial charge in [0.05, 0.1) is 10.7 Å². The predicted octanol–water partition coefficient (Wildman–Crippen LogP) is 1.54. The molecule has 2 rings (SSSR count). The van der Waals surface area contributed by atoms with E-state index in [-0.39, 0.29) is 5.95 Å². The first-order chi connectivity index (χ1) is 9.58. The van der Waals surface area contributed by atoms with Gasteiger partial charge in [0.15, 0.2) is 0 Å². The van der Waals surface area contributed by atoms with Crippen LogP contribution in [-0.4, -0.2) is 21.1 Å². The summed E-state index contributed by atoms with van der Waals surface area (Å²) < 4.78 is 1.41. The number of rotatable bonds is 4. The first-order valence-electron chi connectivity index (χ1n) is 6.35. The smallest absolute Gasteiger partial charge is 0.279 e. The van der Waals surface area contributed by atoms with Gasteiger partial charge in [-0.1, -0.05) is 30.7 Å². The van der Waals surface area contributed by atoms with E-state index in [2.05, 4.69) is 9.97 Å².